The van der Waals surface area contributed by atoms with Gasteiger partial charge in [0.25, 0.3) is 10.0 Å². The van der Waals surface area contributed by atoms with Gasteiger partial charge in [-0.25, -0.2) is 8.42 Å². The summed E-state index contributed by atoms with van der Waals surface area (Å²) in [5.41, 5.74) is 0. The molecule has 0 spiro atoms. The summed E-state index contributed by atoms with van der Waals surface area (Å²) in [6.45, 7) is 1.88. The Bertz CT molecular complexity index is 592. The third kappa shape index (κ3) is 4.58. The maximum absolute atomic E-state index is 12.0. The van der Waals surface area contributed by atoms with Gasteiger partial charge in [-0.15, -0.1) is 11.3 Å². The summed E-state index contributed by atoms with van der Waals surface area (Å²) < 4.78 is 26.1. The maximum atomic E-state index is 12.0. The van der Waals surface area contributed by atoms with Crippen LogP contribution in [0.5, 0.6) is 0 Å². The SMILES string of the molecule is CCc1ccc(S(=O)(=O)NC(CCC(=O)O)C(=O)O)s1. The lowest BCUT2D eigenvalue weighted by atomic mass is 10.2. The van der Waals surface area contributed by atoms with Crippen molar-refractivity contribution in [2.75, 3.05) is 0 Å². The van der Waals surface area contributed by atoms with Gasteiger partial charge in [-0.2, -0.15) is 4.72 Å². The number of carboxylic acids is 2. The van der Waals surface area contributed by atoms with Gasteiger partial charge in [0.15, 0.2) is 0 Å². The number of aliphatic carboxylic acids is 2. The zero-order valence-corrected chi connectivity index (χ0v) is 12.3. The average Bonchev–Trinajstić information content (AvgIpc) is 2.83. The van der Waals surface area contributed by atoms with Crippen molar-refractivity contribution in [3.63, 3.8) is 0 Å². The van der Waals surface area contributed by atoms with Crippen LogP contribution < -0.4 is 4.72 Å². The second-order valence-electron chi connectivity index (χ2n) is 4.02. The molecule has 0 saturated carbocycles. The van der Waals surface area contributed by atoms with E-state index in [2.05, 4.69) is 0 Å². The van der Waals surface area contributed by atoms with Crippen LogP contribution in [0, 0.1) is 0 Å². The second kappa shape index (κ2) is 6.82. The van der Waals surface area contributed by atoms with Gasteiger partial charge in [0.1, 0.15) is 10.3 Å². The smallest absolute Gasteiger partial charge is 0.321 e. The number of sulfonamides is 1. The van der Waals surface area contributed by atoms with E-state index in [1.54, 1.807) is 6.07 Å². The van der Waals surface area contributed by atoms with Crippen molar-refractivity contribution in [3.05, 3.63) is 17.0 Å². The van der Waals surface area contributed by atoms with Gasteiger partial charge in [-0.1, -0.05) is 6.92 Å². The standard InChI is InChI=1S/C11H15NO6S2/c1-2-7-3-6-10(19-7)20(17,18)12-8(11(15)16)4-5-9(13)14/h3,6,8,12H,2,4-5H2,1H3,(H,13,14)(H,15,16). The van der Waals surface area contributed by atoms with Gasteiger partial charge in [0.2, 0.25) is 0 Å². The monoisotopic (exact) mass is 321 g/mol. The first-order valence-electron chi connectivity index (χ1n) is 5.82. The minimum absolute atomic E-state index is 0.0240. The van der Waals surface area contributed by atoms with Gasteiger partial charge in [0.05, 0.1) is 0 Å². The Morgan fingerprint density at radius 2 is 2.00 bits per heavy atom. The molecule has 1 unspecified atom stereocenters. The van der Waals surface area contributed by atoms with Gasteiger partial charge >= 0.3 is 11.9 Å². The highest BCUT2D eigenvalue weighted by Gasteiger charge is 2.26. The normalized spacial score (nSPS) is 13.1. The molecule has 1 atom stereocenters. The Kier molecular flexibility index (Phi) is 5.66. The molecule has 0 aromatic carbocycles. The van der Waals surface area contributed by atoms with Crippen LogP contribution in [-0.2, 0) is 26.0 Å². The van der Waals surface area contributed by atoms with Crippen LogP contribution in [0.3, 0.4) is 0 Å². The molecule has 0 radical (unpaired) electrons. The summed E-state index contributed by atoms with van der Waals surface area (Å²) in [5.74, 6) is -2.58. The predicted molar refractivity (Wildman–Crippen MR) is 72.3 cm³/mol. The lowest BCUT2D eigenvalue weighted by Crippen LogP contribution is -2.40. The van der Waals surface area contributed by atoms with Gasteiger partial charge in [-0.3, -0.25) is 9.59 Å². The summed E-state index contributed by atoms with van der Waals surface area (Å²) in [6, 6.07) is 1.61. The lowest BCUT2D eigenvalue weighted by Gasteiger charge is -2.12. The molecule has 0 aliphatic carbocycles. The first kappa shape index (κ1) is 16.6. The highest BCUT2D eigenvalue weighted by atomic mass is 32.2. The van der Waals surface area contributed by atoms with Crippen molar-refractivity contribution < 1.29 is 28.2 Å². The van der Waals surface area contributed by atoms with Crippen LogP contribution in [0.4, 0.5) is 0 Å². The molecule has 0 bridgehead atoms. The molecule has 3 N–H and O–H groups in total. The second-order valence-corrected chi connectivity index (χ2v) is 7.13. The average molecular weight is 321 g/mol. The van der Waals surface area contributed by atoms with Crippen LogP contribution in [0.2, 0.25) is 0 Å². The van der Waals surface area contributed by atoms with Crippen molar-refractivity contribution in [2.24, 2.45) is 0 Å². The first-order valence-corrected chi connectivity index (χ1v) is 8.12. The van der Waals surface area contributed by atoms with Crippen molar-refractivity contribution in [1.82, 2.24) is 4.72 Å². The Hall–Kier alpha value is -1.45. The number of carbonyl (C=O) groups is 2. The minimum Gasteiger partial charge on any atom is -0.481 e. The highest BCUT2D eigenvalue weighted by molar-refractivity contribution is 7.91. The number of hydrogen-bond acceptors (Lipinski definition) is 5. The highest BCUT2D eigenvalue weighted by Crippen LogP contribution is 2.22. The predicted octanol–water partition coefficient (Wildman–Crippen LogP) is 0.907. The largest absolute Gasteiger partial charge is 0.481 e. The fourth-order valence-corrected chi connectivity index (χ4v) is 3.97. The molecule has 0 fully saturated rings. The molecular weight excluding hydrogens is 306 g/mol. The van der Waals surface area contributed by atoms with E-state index in [-0.39, 0.29) is 10.6 Å². The summed E-state index contributed by atoms with van der Waals surface area (Å²) in [6.07, 6.45) is -0.0540. The first-order chi connectivity index (χ1) is 9.26. The van der Waals surface area contributed by atoms with E-state index in [1.165, 1.54) is 6.07 Å². The van der Waals surface area contributed by atoms with Crippen LogP contribution >= 0.6 is 11.3 Å². The summed E-state index contributed by atoms with van der Waals surface area (Å²) >= 11 is 1.06. The number of thiophene rings is 1. The zero-order chi connectivity index (χ0) is 15.3. The number of rotatable bonds is 8. The zero-order valence-electron chi connectivity index (χ0n) is 10.7. The molecule has 0 saturated heterocycles. The van der Waals surface area contributed by atoms with E-state index in [4.69, 9.17) is 10.2 Å². The fraction of sp³-hybridized carbons (Fsp3) is 0.455. The number of hydrogen-bond donors (Lipinski definition) is 3. The molecule has 7 nitrogen and oxygen atoms in total. The third-order valence-electron chi connectivity index (χ3n) is 2.49. The van der Waals surface area contributed by atoms with Crippen LogP contribution in [0.15, 0.2) is 16.3 Å². The fourth-order valence-electron chi connectivity index (χ4n) is 1.44. The maximum Gasteiger partial charge on any atom is 0.321 e. The van der Waals surface area contributed by atoms with Gasteiger partial charge in [-0.05, 0) is 25.0 Å². The Balaban J connectivity index is 2.85. The molecule has 0 amide bonds. The molecule has 9 heteroatoms. The Morgan fingerprint density at radius 1 is 1.35 bits per heavy atom. The quantitative estimate of drug-likeness (QED) is 0.654. The van der Waals surface area contributed by atoms with E-state index in [9.17, 15) is 18.0 Å². The Morgan fingerprint density at radius 3 is 2.45 bits per heavy atom. The Labute approximate surface area is 120 Å². The van der Waals surface area contributed by atoms with Crippen LogP contribution in [-0.4, -0.2) is 36.6 Å². The number of aryl methyl sites for hydroxylation is 1. The van der Waals surface area contributed by atoms with Crippen molar-refractivity contribution in [2.45, 2.75) is 36.4 Å². The van der Waals surface area contributed by atoms with E-state index in [0.717, 1.165) is 16.2 Å². The molecule has 0 aliphatic heterocycles. The van der Waals surface area contributed by atoms with E-state index in [0.29, 0.717) is 6.42 Å². The van der Waals surface area contributed by atoms with Gasteiger partial charge < -0.3 is 10.2 Å². The van der Waals surface area contributed by atoms with E-state index >= 15 is 0 Å². The van der Waals surface area contributed by atoms with Crippen LogP contribution in [0.25, 0.3) is 0 Å². The molecule has 20 heavy (non-hydrogen) atoms. The molecular formula is C11H15NO6S2. The minimum atomic E-state index is -3.95. The molecule has 1 rings (SSSR count). The summed E-state index contributed by atoms with van der Waals surface area (Å²) in [4.78, 5) is 22.3. The lowest BCUT2D eigenvalue weighted by molar-refractivity contribution is -0.140. The number of nitrogens with one attached hydrogen (secondary N) is 1. The molecule has 0 aliphatic rings. The molecule has 1 aromatic rings. The van der Waals surface area contributed by atoms with Crippen LogP contribution in [0.1, 0.15) is 24.6 Å². The van der Waals surface area contributed by atoms with Gasteiger partial charge in [0, 0.05) is 11.3 Å². The molecule has 112 valence electrons. The summed E-state index contributed by atoms with van der Waals surface area (Å²) in [5, 5.41) is 17.5. The van der Waals surface area contributed by atoms with Crippen molar-refractivity contribution in [3.8, 4) is 0 Å². The molecule has 1 heterocycles. The number of carboxylic acid groups (broad SMARTS) is 2. The molecule has 1 aromatic heterocycles. The summed E-state index contributed by atoms with van der Waals surface area (Å²) in [7, 11) is -3.95. The topological polar surface area (TPSA) is 121 Å². The van der Waals surface area contributed by atoms with E-state index < -0.39 is 34.4 Å². The third-order valence-corrected chi connectivity index (χ3v) is 5.69. The van der Waals surface area contributed by atoms with Crippen molar-refractivity contribution in [1.29, 1.82) is 0 Å². The van der Waals surface area contributed by atoms with E-state index in [1.807, 2.05) is 11.6 Å². The van der Waals surface area contributed by atoms with Crippen molar-refractivity contribution >= 4 is 33.3 Å².